The van der Waals surface area contributed by atoms with Crippen LogP contribution in [0, 0.1) is 26.6 Å². The van der Waals surface area contributed by atoms with Gasteiger partial charge in [0.05, 0.1) is 13.2 Å². The molecule has 0 radical (unpaired) electrons. The highest BCUT2D eigenvalue weighted by Gasteiger charge is 2.22. The van der Waals surface area contributed by atoms with E-state index in [4.69, 9.17) is 4.74 Å². The fraction of sp³-hybridized carbons (Fsp3) is 0.333. The Morgan fingerprint density at radius 1 is 1.05 bits per heavy atom. The third-order valence-electron chi connectivity index (χ3n) is 3.76. The number of nitrogens with one attached hydrogen (secondary N) is 1. The van der Waals surface area contributed by atoms with Crippen LogP contribution in [0.1, 0.15) is 33.9 Å². The summed E-state index contributed by atoms with van der Waals surface area (Å²) in [7, 11) is 3.48. The minimum absolute atomic E-state index is 0.198. The predicted octanol–water partition coefficient (Wildman–Crippen LogP) is 4.07. The lowest BCUT2D eigenvalue weighted by atomic mass is 9.92. The molecular formula is C18H22FNO. The van der Waals surface area contributed by atoms with E-state index in [1.807, 2.05) is 46.0 Å². The molecule has 0 aliphatic rings. The highest BCUT2D eigenvalue weighted by molar-refractivity contribution is 5.49. The number of ether oxygens (including phenoxy) is 1. The zero-order valence-electron chi connectivity index (χ0n) is 13.3. The van der Waals surface area contributed by atoms with Gasteiger partial charge in [-0.05, 0) is 56.6 Å². The predicted molar refractivity (Wildman–Crippen MR) is 84.5 cm³/mol. The monoisotopic (exact) mass is 287 g/mol. The summed E-state index contributed by atoms with van der Waals surface area (Å²) < 4.78 is 19.9. The molecule has 0 saturated carbocycles. The van der Waals surface area contributed by atoms with Crippen LogP contribution in [0.5, 0.6) is 5.75 Å². The van der Waals surface area contributed by atoms with Gasteiger partial charge in [0.15, 0.2) is 0 Å². The molecule has 2 rings (SSSR count). The summed E-state index contributed by atoms with van der Waals surface area (Å²) >= 11 is 0. The quantitative estimate of drug-likeness (QED) is 0.915. The van der Waals surface area contributed by atoms with Gasteiger partial charge in [0, 0.05) is 11.1 Å². The number of methoxy groups -OCH3 is 1. The highest BCUT2D eigenvalue weighted by Crippen LogP contribution is 2.34. The van der Waals surface area contributed by atoms with Gasteiger partial charge in [0.1, 0.15) is 11.6 Å². The Hall–Kier alpha value is -1.87. The minimum Gasteiger partial charge on any atom is -0.496 e. The van der Waals surface area contributed by atoms with Crippen molar-refractivity contribution in [3.05, 3.63) is 64.0 Å². The van der Waals surface area contributed by atoms with E-state index < -0.39 is 0 Å². The van der Waals surface area contributed by atoms with E-state index in [2.05, 4.69) is 11.4 Å². The Labute approximate surface area is 126 Å². The molecule has 0 fully saturated rings. The molecule has 1 unspecified atom stereocenters. The molecule has 3 heteroatoms. The molecule has 0 heterocycles. The van der Waals surface area contributed by atoms with Gasteiger partial charge in [-0.1, -0.05) is 18.2 Å². The summed E-state index contributed by atoms with van der Waals surface area (Å²) in [4.78, 5) is 0. The largest absolute Gasteiger partial charge is 0.496 e. The second kappa shape index (κ2) is 6.27. The lowest BCUT2D eigenvalue weighted by Gasteiger charge is -2.23. The van der Waals surface area contributed by atoms with Crippen molar-refractivity contribution in [1.29, 1.82) is 0 Å². The summed E-state index contributed by atoms with van der Waals surface area (Å²) in [6.07, 6.45) is 0. The Bertz CT molecular complexity index is 652. The Morgan fingerprint density at radius 2 is 1.76 bits per heavy atom. The molecule has 0 spiro atoms. The van der Waals surface area contributed by atoms with Crippen LogP contribution < -0.4 is 10.1 Å². The van der Waals surface area contributed by atoms with Crippen LogP contribution in [0.15, 0.2) is 30.3 Å². The first-order valence-electron chi connectivity index (χ1n) is 7.06. The number of aryl methyl sites for hydroxylation is 3. The van der Waals surface area contributed by atoms with E-state index in [0.717, 1.165) is 28.0 Å². The fourth-order valence-corrected chi connectivity index (χ4v) is 2.80. The van der Waals surface area contributed by atoms with Crippen LogP contribution in [0.4, 0.5) is 4.39 Å². The summed E-state index contributed by atoms with van der Waals surface area (Å²) in [6, 6.07) is 9.17. The molecule has 112 valence electrons. The van der Waals surface area contributed by atoms with Gasteiger partial charge in [0.25, 0.3) is 0 Å². The SMILES string of the molecule is CNC(c1ccc(C)cc1F)c1c(C)cc(C)cc1OC. The fourth-order valence-electron chi connectivity index (χ4n) is 2.80. The van der Waals surface area contributed by atoms with Crippen molar-refractivity contribution in [2.24, 2.45) is 0 Å². The van der Waals surface area contributed by atoms with Gasteiger partial charge in [-0.2, -0.15) is 0 Å². The van der Waals surface area contributed by atoms with Gasteiger partial charge in [0.2, 0.25) is 0 Å². The van der Waals surface area contributed by atoms with Gasteiger partial charge in [-0.3, -0.25) is 0 Å². The molecule has 2 aromatic carbocycles. The van der Waals surface area contributed by atoms with Gasteiger partial charge < -0.3 is 10.1 Å². The maximum Gasteiger partial charge on any atom is 0.128 e. The smallest absolute Gasteiger partial charge is 0.128 e. The second-order valence-electron chi connectivity index (χ2n) is 5.44. The average molecular weight is 287 g/mol. The van der Waals surface area contributed by atoms with E-state index in [1.54, 1.807) is 13.2 Å². The summed E-state index contributed by atoms with van der Waals surface area (Å²) in [5.74, 6) is 0.586. The van der Waals surface area contributed by atoms with Crippen molar-refractivity contribution < 1.29 is 9.13 Å². The number of hydrogen-bond acceptors (Lipinski definition) is 2. The average Bonchev–Trinajstić information content (AvgIpc) is 2.42. The number of benzene rings is 2. The van der Waals surface area contributed by atoms with Crippen LogP contribution in [0.2, 0.25) is 0 Å². The molecule has 0 bridgehead atoms. The van der Waals surface area contributed by atoms with E-state index in [-0.39, 0.29) is 11.9 Å². The Balaban J connectivity index is 2.61. The number of rotatable bonds is 4. The third-order valence-corrected chi connectivity index (χ3v) is 3.76. The van der Waals surface area contributed by atoms with Gasteiger partial charge in [-0.25, -0.2) is 4.39 Å². The lowest BCUT2D eigenvalue weighted by molar-refractivity contribution is 0.403. The molecule has 0 aromatic heterocycles. The number of hydrogen-bond donors (Lipinski definition) is 1. The lowest BCUT2D eigenvalue weighted by Crippen LogP contribution is -2.21. The van der Waals surface area contributed by atoms with Crippen LogP contribution in [-0.4, -0.2) is 14.2 Å². The summed E-state index contributed by atoms with van der Waals surface area (Å²) in [5.41, 5.74) is 4.75. The van der Waals surface area contributed by atoms with Crippen LogP contribution in [0.3, 0.4) is 0 Å². The molecule has 2 nitrogen and oxygen atoms in total. The zero-order valence-corrected chi connectivity index (χ0v) is 13.3. The molecule has 21 heavy (non-hydrogen) atoms. The van der Waals surface area contributed by atoms with Crippen molar-refractivity contribution in [3.63, 3.8) is 0 Å². The van der Waals surface area contributed by atoms with Crippen molar-refractivity contribution in [2.75, 3.05) is 14.2 Å². The van der Waals surface area contributed by atoms with Crippen LogP contribution in [0.25, 0.3) is 0 Å². The van der Waals surface area contributed by atoms with Crippen molar-refractivity contribution in [2.45, 2.75) is 26.8 Å². The Kier molecular flexibility index (Phi) is 4.63. The van der Waals surface area contributed by atoms with E-state index in [1.165, 1.54) is 0 Å². The third kappa shape index (κ3) is 3.08. The van der Waals surface area contributed by atoms with Crippen molar-refractivity contribution in [3.8, 4) is 5.75 Å². The molecule has 1 N–H and O–H groups in total. The van der Waals surface area contributed by atoms with E-state index in [0.29, 0.717) is 5.56 Å². The van der Waals surface area contributed by atoms with E-state index in [9.17, 15) is 4.39 Å². The molecule has 1 atom stereocenters. The highest BCUT2D eigenvalue weighted by atomic mass is 19.1. The standard InChI is InChI=1S/C18H22FNO/c1-11-6-7-14(15(19)9-11)18(20-4)17-13(3)8-12(2)10-16(17)21-5/h6-10,18,20H,1-5H3. The van der Waals surface area contributed by atoms with Gasteiger partial charge in [-0.15, -0.1) is 0 Å². The maximum atomic E-state index is 14.3. The molecular weight excluding hydrogens is 265 g/mol. The van der Waals surface area contributed by atoms with Crippen LogP contribution >= 0.6 is 0 Å². The first-order chi connectivity index (χ1) is 9.97. The second-order valence-corrected chi connectivity index (χ2v) is 5.44. The van der Waals surface area contributed by atoms with Crippen molar-refractivity contribution in [1.82, 2.24) is 5.32 Å². The molecule has 0 saturated heterocycles. The Morgan fingerprint density at radius 3 is 2.33 bits per heavy atom. The number of halogens is 1. The first kappa shape index (κ1) is 15.5. The topological polar surface area (TPSA) is 21.3 Å². The molecule has 0 aliphatic heterocycles. The first-order valence-corrected chi connectivity index (χ1v) is 7.06. The maximum absolute atomic E-state index is 14.3. The normalized spacial score (nSPS) is 12.3. The summed E-state index contributed by atoms with van der Waals surface area (Å²) in [5, 5.41) is 3.21. The van der Waals surface area contributed by atoms with Crippen molar-refractivity contribution >= 4 is 0 Å². The zero-order chi connectivity index (χ0) is 15.6. The summed E-state index contributed by atoms with van der Waals surface area (Å²) in [6.45, 7) is 5.94. The van der Waals surface area contributed by atoms with E-state index >= 15 is 0 Å². The molecule has 0 amide bonds. The molecule has 2 aromatic rings. The molecule has 0 aliphatic carbocycles. The van der Waals surface area contributed by atoms with Gasteiger partial charge >= 0.3 is 0 Å². The minimum atomic E-state index is -0.235. The van der Waals surface area contributed by atoms with Crippen LogP contribution in [-0.2, 0) is 0 Å².